The number of nitrogens with one attached hydrogen (secondary N) is 1. The second kappa shape index (κ2) is 13.8. The zero-order valence-electron chi connectivity index (χ0n) is 23.6. The maximum Gasteiger partial charge on any atom is 0.264 e. The lowest BCUT2D eigenvalue weighted by Crippen LogP contribution is -2.51. The monoisotopic (exact) mass is 567 g/mol. The van der Waals surface area contributed by atoms with Gasteiger partial charge in [0.15, 0.2) is 11.5 Å². The smallest absolute Gasteiger partial charge is 0.264 e. The maximum absolute atomic E-state index is 14.0. The molecule has 0 saturated carbocycles. The minimum absolute atomic E-state index is 0.0246. The third kappa shape index (κ3) is 7.32. The van der Waals surface area contributed by atoms with Gasteiger partial charge < -0.3 is 19.7 Å². The number of carbonyl (C=O) groups is 2. The first-order valence-corrected chi connectivity index (χ1v) is 14.5. The number of aryl methyl sites for hydroxylation is 1. The standard InChI is InChI=1S/C30H37N3O6S/c1-6-17-31-30(35)23(3)32(20-24-12-10-11-22(2)18-24)29(34)21-33(40(36,37)26-13-8-7-9-14-26)25-15-16-27(38-4)28(19-25)39-5/h7-16,18-19,23H,6,17,20-21H2,1-5H3,(H,31,35)/t23-/m1/s1. The van der Waals surface area contributed by atoms with E-state index in [0.717, 1.165) is 21.9 Å². The number of methoxy groups -OCH3 is 2. The topological polar surface area (TPSA) is 105 Å². The summed E-state index contributed by atoms with van der Waals surface area (Å²) in [6, 6.07) is 19.3. The van der Waals surface area contributed by atoms with Crippen LogP contribution in [0.3, 0.4) is 0 Å². The normalized spacial score (nSPS) is 11.8. The average Bonchev–Trinajstić information content (AvgIpc) is 2.96. The molecule has 10 heteroatoms. The van der Waals surface area contributed by atoms with Gasteiger partial charge in [0.05, 0.1) is 24.8 Å². The zero-order valence-corrected chi connectivity index (χ0v) is 24.4. The van der Waals surface area contributed by atoms with Crippen LogP contribution in [0.25, 0.3) is 0 Å². The lowest BCUT2D eigenvalue weighted by Gasteiger charge is -2.32. The number of hydrogen-bond donors (Lipinski definition) is 1. The molecule has 0 heterocycles. The van der Waals surface area contributed by atoms with Crippen molar-refractivity contribution in [3.8, 4) is 11.5 Å². The van der Waals surface area contributed by atoms with Gasteiger partial charge in [-0.15, -0.1) is 0 Å². The van der Waals surface area contributed by atoms with E-state index in [2.05, 4.69) is 5.32 Å². The van der Waals surface area contributed by atoms with Gasteiger partial charge in [0.25, 0.3) is 10.0 Å². The van der Waals surface area contributed by atoms with E-state index in [-0.39, 0.29) is 23.0 Å². The van der Waals surface area contributed by atoms with Gasteiger partial charge in [-0.25, -0.2) is 8.42 Å². The Labute approximate surface area is 236 Å². The molecule has 0 spiro atoms. The van der Waals surface area contributed by atoms with Crippen LogP contribution in [0.1, 0.15) is 31.4 Å². The number of benzene rings is 3. The Morgan fingerprint density at radius 1 is 0.925 bits per heavy atom. The molecular weight excluding hydrogens is 530 g/mol. The molecule has 9 nitrogen and oxygen atoms in total. The molecule has 3 aromatic rings. The van der Waals surface area contributed by atoms with Crippen molar-refractivity contribution in [2.75, 3.05) is 31.6 Å². The first-order valence-electron chi connectivity index (χ1n) is 13.0. The summed E-state index contributed by atoms with van der Waals surface area (Å²) in [5, 5.41) is 2.84. The number of hydrogen-bond acceptors (Lipinski definition) is 6. The number of amides is 2. The molecular formula is C30H37N3O6S. The summed E-state index contributed by atoms with van der Waals surface area (Å²) < 4.78 is 39.5. The van der Waals surface area contributed by atoms with Crippen LogP contribution in [0.4, 0.5) is 5.69 Å². The largest absolute Gasteiger partial charge is 0.493 e. The van der Waals surface area contributed by atoms with Crippen LogP contribution in [0.15, 0.2) is 77.7 Å². The lowest BCUT2D eigenvalue weighted by atomic mass is 10.1. The van der Waals surface area contributed by atoms with Crippen LogP contribution in [0.5, 0.6) is 11.5 Å². The third-order valence-electron chi connectivity index (χ3n) is 6.42. The fraction of sp³-hybridized carbons (Fsp3) is 0.333. The van der Waals surface area contributed by atoms with E-state index in [1.54, 1.807) is 37.3 Å². The Hall–Kier alpha value is -4.05. The molecule has 0 unspecified atom stereocenters. The fourth-order valence-corrected chi connectivity index (χ4v) is 5.64. The minimum atomic E-state index is -4.18. The van der Waals surface area contributed by atoms with Gasteiger partial charge in [0, 0.05) is 19.2 Å². The van der Waals surface area contributed by atoms with Gasteiger partial charge in [-0.3, -0.25) is 13.9 Å². The van der Waals surface area contributed by atoms with Crippen LogP contribution in [0, 0.1) is 6.92 Å². The predicted molar refractivity (Wildman–Crippen MR) is 155 cm³/mol. The van der Waals surface area contributed by atoms with Crippen molar-refractivity contribution >= 4 is 27.5 Å². The van der Waals surface area contributed by atoms with E-state index in [9.17, 15) is 18.0 Å². The molecule has 0 fully saturated rings. The van der Waals surface area contributed by atoms with Gasteiger partial charge >= 0.3 is 0 Å². The first kappa shape index (κ1) is 30.5. The molecule has 0 radical (unpaired) electrons. The number of ether oxygens (including phenoxy) is 2. The molecule has 0 bridgehead atoms. The van der Waals surface area contributed by atoms with E-state index in [1.165, 1.54) is 37.3 Å². The molecule has 0 aromatic heterocycles. The Kier molecular flexibility index (Phi) is 10.6. The molecule has 0 aliphatic heterocycles. The van der Waals surface area contributed by atoms with Crippen LogP contribution in [-0.4, -0.2) is 58.5 Å². The van der Waals surface area contributed by atoms with Crippen molar-refractivity contribution in [3.05, 3.63) is 83.9 Å². The van der Waals surface area contributed by atoms with Crippen molar-refractivity contribution in [2.24, 2.45) is 0 Å². The van der Waals surface area contributed by atoms with Gasteiger partial charge in [-0.1, -0.05) is 55.0 Å². The highest BCUT2D eigenvalue weighted by molar-refractivity contribution is 7.92. The Morgan fingerprint density at radius 3 is 2.25 bits per heavy atom. The van der Waals surface area contributed by atoms with Crippen LogP contribution in [-0.2, 0) is 26.2 Å². The van der Waals surface area contributed by atoms with E-state index < -0.39 is 28.5 Å². The number of nitrogens with zero attached hydrogens (tertiary/aromatic N) is 2. The summed E-state index contributed by atoms with van der Waals surface area (Å²) in [5.74, 6) is -0.122. The number of anilines is 1. The highest BCUT2D eigenvalue weighted by Crippen LogP contribution is 2.34. The molecule has 214 valence electrons. The number of rotatable bonds is 13. The molecule has 0 aliphatic carbocycles. The van der Waals surface area contributed by atoms with Crippen molar-refractivity contribution in [1.29, 1.82) is 0 Å². The molecule has 0 saturated heterocycles. The van der Waals surface area contributed by atoms with E-state index >= 15 is 0 Å². The summed E-state index contributed by atoms with van der Waals surface area (Å²) in [5.41, 5.74) is 2.05. The Morgan fingerprint density at radius 2 is 1.62 bits per heavy atom. The molecule has 0 aliphatic rings. The van der Waals surface area contributed by atoms with Gasteiger partial charge in [0.2, 0.25) is 11.8 Å². The molecule has 1 N–H and O–H groups in total. The highest BCUT2D eigenvalue weighted by atomic mass is 32.2. The maximum atomic E-state index is 14.0. The zero-order chi connectivity index (χ0) is 29.3. The Bertz CT molecular complexity index is 1410. The number of carbonyl (C=O) groups excluding carboxylic acids is 2. The fourth-order valence-electron chi connectivity index (χ4n) is 4.21. The lowest BCUT2D eigenvalue weighted by molar-refractivity contribution is -0.139. The summed E-state index contributed by atoms with van der Waals surface area (Å²) in [6.45, 7) is 5.59. The van der Waals surface area contributed by atoms with Crippen molar-refractivity contribution in [2.45, 2.75) is 44.7 Å². The molecule has 3 aromatic carbocycles. The number of sulfonamides is 1. The van der Waals surface area contributed by atoms with Crippen molar-refractivity contribution in [1.82, 2.24) is 10.2 Å². The van der Waals surface area contributed by atoms with Gasteiger partial charge in [-0.05, 0) is 50.1 Å². The van der Waals surface area contributed by atoms with Gasteiger partial charge in [0.1, 0.15) is 12.6 Å². The van der Waals surface area contributed by atoms with Crippen molar-refractivity contribution < 1.29 is 27.5 Å². The van der Waals surface area contributed by atoms with Crippen LogP contribution < -0.4 is 19.1 Å². The second-order valence-electron chi connectivity index (χ2n) is 9.34. The highest BCUT2D eigenvalue weighted by Gasteiger charge is 2.33. The SMILES string of the molecule is CCCNC(=O)[C@@H](C)N(Cc1cccc(C)c1)C(=O)CN(c1ccc(OC)c(OC)c1)S(=O)(=O)c1ccccc1. The molecule has 1 atom stereocenters. The van der Waals surface area contributed by atoms with Crippen molar-refractivity contribution in [3.63, 3.8) is 0 Å². The molecule has 3 rings (SSSR count). The third-order valence-corrected chi connectivity index (χ3v) is 8.21. The summed E-state index contributed by atoms with van der Waals surface area (Å²) >= 11 is 0. The molecule has 40 heavy (non-hydrogen) atoms. The minimum Gasteiger partial charge on any atom is -0.493 e. The average molecular weight is 568 g/mol. The summed E-state index contributed by atoms with van der Waals surface area (Å²) in [6.07, 6.45) is 0.743. The van der Waals surface area contributed by atoms with Crippen LogP contribution >= 0.6 is 0 Å². The summed E-state index contributed by atoms with van der Waals surface area (Å²) in [4.78, 5) is 28.4. The molecule has 2 amide bonds. The second-order valence-corrected chi connectivity index (χ2v) is 11.2. The van der Waals surface area contributed by atoms with Crippen LogP contribution in [0.2, 0.25) is 0 Å². The Balaban J connectivity index is 2.06. The first-order chi connectivity index (χ1) is 19.1. The van der Waals surface area contributed by atoms with Gasteiger partial charge in [-0.2, -0.15) is 0 Å². The summed E-state index contributed by atoms with van der Waals surface area (Å²) in [7, 11) is -1.25. The predicted octanol–water partition coefficient (Wildman–Crippen LogP) is 4.15. The van der Waals surface area contributed by atoms with E-state index in [0.29, 0.717) is 18.0 Å². The quantitative estimate of drug-likeness (QED) is 0.333. The van der Waals surface area contributed by atoms with E-state index in [1.807, 2.05) is 38.1 Å². The van der Waals surface area contributed by atoms with E-state index in [4.69, 9.17) is 9.47 Å².